The number of aryl methyl sites for hydroxylation is 1. The predicted octanol–water partition coefficient (Wildman–Crippen LogP) is 3.38. The molecule has 0 bridgehead atoms. The highest BCUT2D eigenvalue weighted by Crippen LogP contribution is 2.51. The lowest BCUT2D eigenvalue weighted by atomic mass is 9.92. The van der Waals surface area contributed by atoms with Gasteiger partial charge in [-0.1, -0.05) is 26.8 Å². The third-order valence-electron chi connectivity index (χ3n) is 4.51. The van der Waals surface area contributed by atoms with Crippen molar-refractivity contribution in [3.05, 3.63) is 29.6 Å². The summed E-state index contributed by atoms with van der Waals surface area (Å²) in [5.74, 6) is 0.335. The van der Waals surface area contributed by atoms with Crippen LogP contribution in [0, 0.1) is 0 Å². The van der Waals surface area contributed by atoms with Crippen molar-refractivity contribution in [3.8, 4) is 0 Å². The van der Waals surface area contributed by atoms with Crippen LogP contribution in [0.3, 0.4) is 0 Å². The Morgan fingerprint density at radius 2 is 2.05 bits per heavy atom. The standard InChI is InChI=1S/C17H22N2O2/c1-16(2,3)15-18-12-9-11(5-6-13(12)19(15)4)17(7-8-17)10-14(20)21/h5-6,9H,7-8,10H2,1-4H3,(H,20,21). The highest BCUT2D eigenvalue weighted by Gasteiger charge is 2.46. The van der Waals surface area contributed by atoms with Crippen LogP contribution in [0.2, 0.25) is 0 Å². The Morgan fingerprint density at radius 3 is 2.57 bits per heavy atom. The molecule has 2 aromatic rings. The molecule has 4 heteroatoms. The molecule has 1 aromatic heterocycles. The molecule has 1 heterocycles. The number of carbonyl (C=O) groups is 1. The zero-order valence-corrected chi connectivity index (χ0v) is 13.1. The minimum absolute atomic E-state index is 0.00767. The molecule has 4 nitrogen and oxygen atoms in total. The van der Waals surface area contributed by atoms with E-state index in [0.717, 1.165) is 35.3 Å². The second-order valence-electron chi connectivity index (χ2n) is 7.30. The summed E-state index contributed by atoms with van der Waals surface area (Å²) < 4.78 is 2.13. The predicted molar refractivity (Wildman–Crippen MR) is 82.6 cm³/mol. The number of aromatic nitrogens is 2. The molecule has 1 saturated carbocycles. The molecule has 0 aliphatic heterocycles. The van der Waals surface area contributed by atoms with E-state index >= 15 is 0 Å². The SMILES string of the molecule is Cn1c(C(C)(C)C)nc2cc(C3(CC(=O)O)CC3)ccc21. The van der Waals surface area contributed by atoms with Gasteiger partial charge in [0.15, 0.2) is 0 Å². The number of hydrogen-bond donors (Lipinski definition) is 1. The number of carboxylic acid groups (broad SMARTS) is 1. The average Bonchev–Trinajstić information content (AvgIpc) is 3.05. The van der Waals surface area contributed by atoms with E-state index < -0.39 is 5.97 Å². The lowest BCUT2D eigenvalue weighted by Gasteiger charge is -2.17. The highest BCUT2D eigenvalue weighted by molar-refractivity contribution is 5.78. The van der Waals surface area contributed by atoms with Crippen molar-refractivity contribution in [2.45, 2.75) is 50.9 Å². The molecule has 0 atom stereocenters. The molecule has 0 spiro atoms. The summed E-state index contributed by atoms with van der Waals surface area (Å²) >= 11 is 0. The number of fused-ring (bicyclic) bond motifs is 1. The molecule has 3 rings (SSSR count). The van der Waals surface area contributed by atoms with Gasteiger partial charge in [-0.25, -0.2) is 4.98 Å². The monoisotopic (exact) mass is 286 g/mol. The van der Waals surface area contributed by atoms with E-state index in [1.165, 1.54) is 0 Å². The zero-order valence-electron chi connectivity index (χ0n) is 13.1. The molecule has 1 fully saturated rings. The van der Waals surface area contributed by atoms with Crippen LogP contribution in [0.5, 0.6) is 0 Å². The van der Waals surface area contributed by atoms with Crippen LogP contribution in [0.4, 0.5) is 0 Å². The van der Waals surface area contributed by atoms with Crippen molar-refractivity contribution < 1.29 is 9.90 Å². The van der Waals surface area contributed by atoms with Crippen LogP contribution >= 0.6 is 0 Å². The Morgan fingerprint density at radius 1 is 1.38 bits per heavy atom. The molecule has 1 N–H and O–H groups in total. The summed E-state index contributed by atoms with van der Waals surface area (Å²) in [4.78, 5) is 15.8. The molecule has 1 aliphatic rings. The van der Waals surface area contributed by atoms with Gasteiger partial charge in [-0.3, -0.25) is 4.79 Å². The first-order valence-corrected chi connectivity index (χ1v) is 7.42. The summed E-state index contributed by atoms with van der Waals surface area (Å²) in [6.45, 7) is 6.46. The first-order valence-electron chi connectivity index (χ1n) is 7.42. The van der Waals surface area contributed by atoms with Gasteiger partial charge in [-0.15, -0.1) is 0 Å². The molecular formula is C17H22N2O2. The normalized spacial score (nSPS) is 17.1. The molecule has 1 aromatic carbocycles. The maximum atomic E-state index is 11.1. The Labute approximate surface area is 124 Å². The summed E-state index contributed by atoms with van der Waals surface area (Å²) in [7, 11) is 2.04. The first kappa shape index (κ1) is 14.1. The van der Waals surface area contributed by atoms with Crippen molar-refractivity contribution in [2.24, 2.45) is 7.05 Å². The van der Waals surface area contributed by atoms with Crippen LogP contribution in [0.1, 0.15) is 51.4 Å². The van der Waals surface area contributed by atoms with Crippen LogP contribution in [-0.4, -0.2) is 20.6 Å². The Bertz CT molecular complexity index is 718. The summed E-state index contributed by atoms with van der Waals surface area (Å²) in [6, 6.07) is 6.24. The van der Waals surface area contributed by atoms with Gasteiger partial charge >= 0.3 is 5.97 Å². The molecule has 0 saturated heterocycles. The average molecular weight is 286 g/mol. The van der Waals surface area contributed by atoms with E-state index in [0.29, 0.717) is 0 Å². The summed E-state index contributed by atoms with van der Waals surface area (Å²) in [6.07, 6.45) is 2.14. The summed E-state index contributed by atoms with van der Waals surface area (Å²) in [5.41, 5.74) is 3.04. The van der Waals surface area contributed by atoms with Crippen molar-refractivity contribution in [1.29, 1.82) is 0 Å². The minimum atomic E-state index is -0.719. The van der Waals surface area contributed by atoms with Gasteiger partial charge in [-0.2, -0.15) is 0 Å². The van der Waals surface area contributed by atoms with Gasteiger partial charge in [0.2, 0.25) is 0 Å². The van der Waals surface area contributed by atoms with Gasteiger partial charge in [0, 0.05) is 17.9 Å². The molecular weight excluding hydrogens is 264 g/mol. The quantitative estimate of drug-likeness (QED) is 0.941. The number of aliphatic carboxylic acids is 1. The number of imidazole rings is 1. The van der Waals surface area contributed by atoms with Crippen molar-refractivity contribution >= 4 is 17.0 Å². The van der Waals surface area contributed by atoms with Crippen LogP contribution in [0.15, 0.2) is 18.2 Å². The van der Waals surface area contributed by atoms with Gasteiger partial charge in [0.1, 0.15) is 5.82 Å². The van der Waals surface area contributed by atoms with Crippen molar-refractivity contribution in [2.75, 3.05) is 0 Å². The maximum absolute atomic E-state index is 11.1. The van der Waals surface area contributed by atoms with E-state index in [1.807, 2.05) is 7.05 Å². The van der Waals surface area contributed by atoms with Gasteiger partial charge in [0.05, 0.1) is 17.5 Å². The minimum Gasteiger partial charge on any atom is -0.481 e. The smallest absolute Gasteiger partial charge is 0.304 e. The van der Waals surface area contributed by atoms with Crippen molar-refractivity contribution in [3.63, 3.8) is 0 Å². The van der Waals surface area contributed by atoms with Gasteiger partial charge < -0.3 is 9.67 Å². The Kier molecular flexibility index (Phi) is 2.91. The molecule has 0 amide bonds. The molecule has 0 unspecified atom stereocenters. The largest absolute Gasteiger partial charge is 0.481 e. The van der Waals surface area contributed by atoms with Crippen LogP contribution < -0.4 is 0 Å². The van der Waals surface area contributed by atoms with E-state index in [-0.39, 0.29) is 17.3 Å². The van der Waals surface area contributed by atoms with Crippen molar-refractivity contribution in [1.82, 2.24) is 9.55 Å². The number of rotatable bonds is 3. The lowest BCUT2D eigenvalue weighted by Crippen LogP contribution is -2.17. The fourth-order valence-corrected chi connectivity index (χ4v) is 3.21. The molecule has 21 heavy (non-hydrogen) atoms. The molecule has 112 valence electrons. The second-order valence-corrected chi connectivity index (χ2v) is 7.30. The summed E-state index contributed by atoms with van der Waals surface area (Å²) in [5, 5.41) is 9.10. The maximum Gasteiger partial charge on any atom is 0.304 e. The van der Waals surface area contributed by atoms with E-state index in [4.69, 9.17) is 10.1 Å². The Hall–Kier alpha value is -1.84. The zero-order chi connectivity index (χ0) is 15.4. The number of hydrogen-bond acceptors (Lipinski definition) is 2. The first-order chi connectivity index (χ1) is 9.73. The molecule has 0 radical (unpaired) electrons. The van der Waals surface area contributed by atoms with E-state index in [9.17, 15) is 4.79 Å². The molecule has 1 aliphatic carbocycles. The van der Waals surface area contributed by atoms with Crippen LogP contribution in [-0.2, 0) is 22.7 Å². The number of benzene rings is 1. The van der Waals surface area contributed by atoms with E-state index in [2.05, 4.69) is 43.5 Å². The van der Waals surface area contributed by atoms with E-state index in [1.54, 1.807) is 0 Å². The topological polar surface area (TPSA) is 55.1 Å². The number of nitrogens with zero attached hydrogens (tertiary/aromatic N) is 2. The number of carboxylic acids is 1. The fourth-order valence-electron chi connectivity index (χ4n) is 3.21. The van der Waals surface area contributed by atoms with Crippen LogP contribution in [0.25, 0.3) is 11.0 Å². The highest BCUT2D eigenvalue weighted by atomic mass is 16.4. The third kappa shape index (κ3) is 2.33. The third-order valence-corrected chi connectivity index (χ3v) is 4.51. The second kappa shape index (κ2) is 4.33. The fraction of sp³-hybridized carbons (Fsp3) is 0.529. The Balaban J connectivity index is 2.08. The van der Waals surface area contributed by atoms with Gasteiger partial charge in [-0.05, 0) is 30.5 Å². The lowest BCUT2D eigenvalue weighted by molar-refractivity contribution is -0.137. The van der Waals surface area contributed by atoms with Gasteiger partial charge in [0.25, 0.3) is 0 Å².